The summed E-state index contributed by atoms with van der Waals surface area (Å²) in [5, 5.41) is 10.4. The molecule has 6 heteroatoms. The quantitative estimate of drug-likeness (QED) is 0.860. The predicted octanol–water partition coefficient (Wildman–Crippen LogP) is 0.867. The van der Waals surface area contributed by atoms with E-state index in [1.54, 1.807) is 10.9 Å². The second-order valence-corrected chi connectivity index (χ2v) is 5.26. The maximum Gasteiger partial charge on any atom is 0.222 e. The third kappa shape index (κ3) is 3.72. The van der Waals surface area contributed by atoms with Crippen LogP contribution in [0.5, 0.6) is 0 Å². The van der Waals surface area contributed by atoms with Crippen molar-refractivity contribution in [1.82, 2.24) is 20.4 Å². The Morgan fingerprint density at radius 1 is 1.41 bits per heavy atom. The molecular formula is C16H20N4O2. The number of amides is 1. The van der Waals surface area contributed by atoms with Gasteiger partial charge in [-0.15, -0.1) is 0 Å². The average molecular weight is 300 g/mol. The molecule has 1 aliphatic rings. The molecule has 3 rings (SSSR count). The normalized spacial score (nSPS) is 18.1. The monoisotopic (exact) mass is 300 g/mol. The summed E-state index contributed by atoms with van der Waals surface area (Å²) in [6.45, 7) is 2.74. The number of hydrogen-bond donors (Lipinski definition) is 2. The Hall–Kier alpha value is -2.18. The number of ether oxygens (including phenoxy) is 1. The molecule has 0 radical (unpaired) electrons. The van der Waals surface area contributed by atoms with Crippen molar-refractivity contribution in [3.8, 4) is 5.69 Å². The standard InChI is InChI=1S/C16H20N4O2/c21-16(10-14-12-17-7-9-22-14)18-11-13-4-1-2-5-15(13)20-8-3-6-19-20/h1-6,8,14,17H,7,9-12H2,(H,18,21). The average Bonchev–Trinajstić information content (AvgIpc) is 3.08. The van der Waals surface area contributed by atoms with Gasteiger partial charge in [-0.2, -0.15) is 5.10 Å². The Morgan fingerprint density at radius 3 is 3.09 bits per heavy atom. The zero-order chi connectivity index (χ0) is 15.2. The van der Waals surface area contributed by atoms with Gasteiger partial charge in [-0.3, -0.25) is 4.79 Å². The highest BCUT2D eigenvalue weighted by Gasteiger charge is 2.17. The van der Waals surface area contributed by atoms with Crippen LogP contribution in [0, 0.1) is 0 Å². The van der Waals surface area contributed by atoms with Crippen molar-refractivity contribution in [3.63, 3.8) is 0 Å². The number of hydrogen-bond acceptors (Lipinski definition) is 4. The largest absolute Gasteiger partial charge is 0.375 e. The Morgan fingerprint density at radius 2 is 2.32 bits per heavy atom. The van der Waals surface area contributed by atoms with Crippen LogP contribution in [-0.4, -0.2) is 41.5 Å². The molecule has 1 saturated heterocycles. The molecule has 0 saturated carbocycles. The summed E-state index contributed by atoms with van der Waals surface area (Å²) >= 11 is 0. The first kappa shape index (κ1) is 14.7. The lowest BCUT2D eigenvalue weighted by Crippen LogP contribution is -2.41. The van der Waals surface area contributed by atoms with Gasteiger partial charge in [0.15, 0.2) is 0 Å². The first-order chi connectivity index (χ1) is 10.8. The molecule has 2 heterocycles. The van der Waals surface area contributed by atoms with E-state index in [9.17, 15) is 4.79 Å². The lowest BCUT2D eigenvalue weighted by atomic mass is 10.1. The van der Waals surface area contributed by atoms with E-state index in [2.05, 4.69) is 15.7 Å². The fourth-order valence-corrected chi connectivity index (χ4v) is 2.52. The number of nitrogens with zero attached hydrogens (tertiary/aromatic N) is 2. The maximum absolute atomic E-state index is 12.0. The number of nitrogens with one attached hydrogen (secondary N) is 2. The summed E-state index contributed by atoms with van der Waals surface area (Å²) < 4.78 is 7.35. The van der Waals surface area contributed by atoms with Gasteiger partial charge in [0.25, 0.3) is 0 Å². The van der Waals surface area contributed by atoms with Crippen molar-refractivity contribution >= 4 is 5.91 Å². The molecule has 2 aromatic rings. The molecule has 1 amide bonds. The van der Waals surface area contributed by atoms with Crippen LogP contribution in [0.4, 0.5) is 0 Å². The van der Waals surface area contributed by atoms with E-state index in [-0.39, 0.29) is 12.0 Å². The zero-order valence-corrected chi connectivity index (χ0v) is 12.4. The molecule has 1 aromatic carbocycles. The Balaban J connectivity index is 1.58. The second kappa shape index (κ2) is 7.20. The molecule has 1 atom stereocenters. The topological polar surface area (TPSA) is 68.2 Å². The summed E-state index contributed by atoms with van der Waals surface area (Å²) in [7, 11) is 0. The van der Waals surface area contributed by atoms with E-state index in [1.165, 1.54) is 0 Å². The Kier molecular flexibility index (Phi) is 4.82. The molecule has 2 N–H and O–H groups in total. The van der Waals surface area contributed by atoms with Crippen molar-refractivity contribution < 1.29 is 9.53 Å². The van der Waals surface area contributed by atoms with Crippen molar-refractivity contribution in [2.75, 3.05) is 19.7 Å². The van der Waals surface area contributed by atoms with Crippen LogP contribution in [0.3, 0.4) is 0 Å². The molecule has 1 unspecified atom stereocenters. The molecule has 1 aliphatic heterocycles. The van der Waals surface area contributed by atoms with Crippen molar-refractivity contribution in [2.45, 2.75) is 19.1 Å². The van der Waals surface area contributed by atoms with Crippen LogP contribution in [0.2, 0.25) is 0 Å². The van der Waals surface area contributed by atoms with Crippen molar-refractivity contribution in [1.29, 1.82) is 0 Å². The number of para-hydroxylation sites is 1. The fraction of sp³-hybridized carbons (Fsp3) is 0.375. The van der Waals surface area contributed by atoms with Gasteiger partial charge in [-0.25, -0.2) is 4.68 Å². The van der Waals surface area contributed by atoms with E-state index in [0.29, 0.717) is 19.6 Å². The first-order valence-corrected chi connectivity index (χ1v) is 7.50. The highest BCUT2D eigenvalue weighted by atomic mass is 16.5. The molecule has 1 aromatic heterocycles. The number of rotatable bonds is 5. The summed E-state index contributed by atoms with van der Waals surface area (Å²) in [5.74, 6) is 0.00367. The molecule has 6 nitrogen and oxygen atoms in total. The van der Waals surface area contributed by atoms with Gasteiger partial charge in [0.05, 0.1) is 24.8 Å². The number of carbonyl (C=O) groups excluding carboxylic acids is 1. The van der Waals surface area contributed by atoms with Crippen LogP contribution in [0.25, 0.3) is 5.69 Å². The smallest absolute Gasteiger partial charge is 0.222 e. The van der Waals surface area contributed by atoms with Gasteiger partial charge in [-0.05, 0) is 17.7 Å². The van der Waals surface area contributed by atoms with Gasteiger partial charge in [0, 0.05) is 32.0 Å². The minimum absolute atomic E-state index is 0.00367. The van der Waals surface area contributed by atoms with E-state index < -0.39 is 0 Å². The first-order valence-electron chi connectivity index (χ1n) is 7.50. The minimum Gasteiger partial charge on any atom is -0.375 e. The van der Waals surface area contributed by atoms with Gasteiger partial charge in [0.2, 0.25) is 5.91 Å². The maximum atomic E-state index is 12.0. The summed E-state index contributed by atoms with van der Waals surface area (Å²) in [6, 6.07) is 9.79. The third-order valence-corrected chi connectivity index (χ3v) is 3.64. The molecular weight excluding hydrogens is 280 g/mol. The number of aromatic nitrogens is 2. The highest BCUT2D eigenvalue weighted by Crippen LogP contribution is 2.13. The highest BCUT2D eigenvalue weighted by molar-refractivity contribution is 5.76. The minimum atomic E-state index is -0.0323. The predicted molar refractivity (Wildman–Crippen MR) is 82.6 cm³/mol. The van der Waals surface area contributed by atoms with Gasteiger partial charge < -0.3 is 15.4 Å². The fourth-order valence-electron chi connectivity index (χ4n) is 2.52. The van der Waals surface area contributed by atoms with E-state index in [4.69, 9.17) is 4.74 Å². The van der Waals surface area contributed by atoms with E-state index >= 15 is 0 Å². The molecule has 22 heavy (non-hydrogen) atoms. The molecule has 0 spiro atoms. The van der Waals surface area contributed by atoms with Crippen LogP contribution in [0.1, 0.15) is 12.0 Å². The Labute approximate surface area is 129 Å². The lowest BCUT2D eigenvalue weighted by molar-refractivity contribution is -0.124. The molecule has 1 fully saturated rings. The Bertz CT molecular complexity index is 606. The lowest BCUT2D eigenvalue weighted by Gasteiger charge is -2.23. The van der Waals surface area contributed by atoms with Crippen LogP contribution in [0.15, 0.2) is 42.7 Å². The number of carbonyl (C=O) groups is 1. The molecule has 0 bridgehead atoms. The van der Waals surface area contributed by atoms with Gasteiger partial charge >= 0.3 is 0 Å². The van der Waals surface area contributed by atoms with E-state index in [0.717, 1.165) is 24.3 Å². The third-order valence-electron chi connectivity index (χ3n) is 3.64. The molecule has 0 aliphatic carbocycles. The van der Waals surface area contributed by atoms with Crippen molar-refractivity contribution in [3.05, 3.63) is 48.3 Å². The second-order valence-electron chi connectivity index (χ2n) is 5.26. The zero-order valence-electron chi connectivity index (χ0n) is 12.4. The summed E-state index contributed by atoms with van der Waals surface area (Å²) in [6.07, 6.45) is 3.98. The number of morpholine rings is 1. The molecule has 116 valence electrons. The van der Waals surface area contributed by atoms with Crippen LogP contribution < -0.4 is 10.6 Å². The van der Waals surface area contributed by atoms with Crippen LogP contribution in [-0.2, 0) is 16.1 Å². The van der Waals surface area contributed by atoms with Gasteiger partial charge in [-0.1, -0.05) is 18.2 Å². The van der Waals surface area contributed by atoms with Gasteiger partial charge in [0.1, 0.15) is 0 Å². The van der Waals surface area contributed by atoms with Crippen molar-refractivity contribution in [2.24, 2.45) is 0 Å². The SMILES string of the molecule is O=C(CC1CNCCO1)NCc1ccccc1-n1cccn1. The summed E-state index contributed by atoms with van der Waals surface area (Å²) in [5.41, 5.74) is 2.01. The van der Waals surface area contributed by atoms with E-state index in [1.807, 2.05) is 36.5 Å². The summed E-state index contributed by atoms with van der Waals surface area (Å²) in [4.78, 5) is 12.0. The van der Waals surface area contributed by atoms with Crippen LogP contribution >= 0.6 is 0 Å². The number of benzene rings is 1.